The highest BCUT2D eigenvalue weighted by Crippen LogP contribution is 2.16. The highest BCUT2D eigenvalue weighted by atomic mass is 16.2. The standard InChI is InChI=1S/C17H29N3O/c1-6-9-18-16-15(8-7-10-19-16)17(21)20(11-13(2)3)12-14(4)5/h7-8,10,13-14H,6,9,11-12H2,1-5H3,(H,18,19). The van der Waals surface area contributed by atoms with Crippen LogP contribution in [0.15, 0.2) is 18.3 Å². The van der Waals surface area contributed by atoms with Crippen molar-refractivity contribution in [3.63, 3.8) is 0 Å². The van der Waals surface area contributed by atoms with Crippen LogP contribution in [-0.4, -0.2) is 35.4 Å². The van der Waals surface area contributed by atoms with Gasteiger partial charge in [-0.25, -0.2) is 4.98 Å². The number of carbonyl (C=O) groups is 1. The fourth-order valence-electron chi connectivity index (χ4n) is 2.25. The normalized spacial score (nSPS) is 11.0. The second-order valence-electron chi connectivity index (χ2n) is 6.32. The van der Waals surface area contributed by atoms with Gasteiger partial charge in [-0.15, -0.1) is 0 Å². The van der Waals surface area contributed by atoms with Crippen LogP contribution in [0.4, 0.5) is 5.82 Å². The molecule has 0 aromatic carbocycles. The third-order valence-corrected chi connectivity index (χ3v) is 3.04. The largest absolute Gasteiger partial charge is 0.369 e. The van der Waals surface area contributed by atoms with E-state index in [4.69, 9.17) is 0 Å². The van der Waals surface area contributed by atoms with E-state index in [2.05, 4.69) is 44.9 Å². The maximum Gasteiger partial charge on any atom is 0.257 e. The number of anilines is 1. The summed E-state index contributed by atoms with van der Waals surface area (Å²) in [5.41, 5.74) is 0.673. The van der Waals surface area contributed by atoms with Gasteiger partial charge in [-0.2, -0.15) is 0 Å². The van der Waals surface area contributed by atoms with E-state index >= 15 is 0 Å². The summed E-state index contributed by atoms with van der Waals surface area (Å²) >= 11 is 0. The van der Waals surface area contributed by atoms with Crippen LogP contribution in [0, 0.1) is 11.8 Å². The second kappa shape index (κ2) is 8.65. The highest BCUT2D eigenvalue weighted by Gasteiger charge is 2.21. The van der Waals surface area contributed by atoms with Crippen LogP contribution < -0.4 is 5.32 Å². The van der Waals surface area contributed by atoms with Gasteiger partial charge in [0, 0.05) is 25.8 Å². The molecular weight excluding hydrogens is 262 g/mol. The molecule has 0 radical (unpaired) electrons. The predicted octanol–water partition coefficient (Wildman–Crippen LogP) is 3.66. The molecule has 0 aliphatic heterocycles. The van der Waals surface area contributed by atoms with Crippen molar-refractivity contribution in [1.82, 2.24) is 9.88 Å². The van der Waals surface area contributed by atoms with E-state index in [0.29, 0.717) is 23.2 Å². The molecule has 0 saturated heterocycles. The molecule has 0 aliphatic rings. The first-order valence-corrected chi connectivity index (χ1v) is 7.93. The molecule has 1 N–H and O–H groups in total. The van der Waals surface area contributed by atoms with E-state index in [0.717, 1.165) is 26.1 Å². The Morgan fingerprint density at radius 3 is 2.38 bits per heavy atom. The third-order valence-electron chi connectivity index (χ3n) is 3.04. The summed E-state index contributed by atoms with van der Waals surface area (Å²) in [6, 6.07) is 3.69. The number of carbonyl (C=O) groups excluding carboxylic acids is 1. The number of pyridine rings is 1. The summed E-state index contributed by atoms with van der Waals surface area (Å²) in [5, 5.41) is 3.25. The molecule has 0 fully saturated rings. The van der Waals surface area contributed by atoms with Gasteiger partial charge in [-0.05, 0) is 30.4 Å². The van der Waals surface area contributed by atoms with Gasteiger partial charge in [-0.1, -0.05) is 34.6 Å². The van der Waals surface area contributed by atoms with E-state index in [1.54, 1.807) is 6.20 Å². The topological polar surface area (TPSA) is 45.2 Å². The lowest BCUT2D eigenvalue weighted by Gasteiger charge is -2.27. The molecule has 21 heavy (non-hydrogen) atoms. The number of hydrogen-bond acceptors (Lipinski definition) is 3. The van der Waals surface area contributed by atoms with Gasteiger partial charge in [0.25, 0.3) is 5.91 Å². The Morgan fingerprint density at radius 1 is 1.24 bits per heavy atom. The molecule has 1 aromatic rings. The van der Waals surface area contributed by atoms with Gasteiger partial charge in [0.05, 0.1) is 5.56 Å². The van der Waals surface area contributed by atoms with Crippen LogP contribution in [0.2, 0.25) is 0 Å². The molecule has 4 nitrogen and oxygen atoms in total. The van der Waals surface area contributed by atoms with Gasteiger partial charge in [-0.3, -0.25) is 4.79 Å². The summed E-state index contributed by atoms with van der Waals surface area (Å²) in [6.07, 6.45) is 2.73. The average molecular weight is 291 g/mol. The Bertz CT molecular complexity index is 433. The van der Waals surface area contributed by atoms with E-state index < -0.39 is 0 Å². The maximum atomic E-state index is 12.8. The molecule has 1 rings (SSSR count). The summed E-state index contributed by atoms with van der Waals surface area (Å²) < 4.78 is 0. The monoisotopic (exact) mass is 291 g/mol. The van der Waals surface area contributed by atoms with Crippen molar-refractivity contribution in [2.24, 2.45) is 11.8 Å². The Kier molecular flexibility index (Phi) is 7.20. The van der Waals surface area contributed by atoms with Crippen LogP contribution in [0.25, 0.3) is 0 Å². The molecule has 0 aliphatic carbocycles. The Hall–Kier alpha value is -1.58. The maximum absolute atomic E-state index is 12.8. The lowest BCUT2D eigenvalue weighted by Crippen LogP contribution is -2.37. The van der Waals surface area contributed by atoms with Crippen LogP contribution in [0.5, 0.6) is 0 Å². The fraction of sp³-hybridized carbons (Fsp3) is 0.647. The van der Waals surface area contributed by atoms with Crippen LogP contribution in [0.1, 0.15) is 51.4 Å². The van der Waals surface area contributed by atoms with Crippen molar-refractivity contribution in [1.29, 1.82) is 0 Å². The number of nitrogens with zero attached hydrogens (tertiary/aromatic N) is 2. The molecule has 0 atom stereocenters. The number of aromatic nitrogens is 1. The summed E-state index contributed by atoms with van der Waals surface area (Å²) in [7, 11) is 0. The fourth-order valence-corrected chi connectivity index (χ4v) is 2.25. The molecule has 0 unspecified atom stereocenters. The van der Waals surface area contributed by atoms with Gasteiger partial charge in [0.2, 0.25) is 0 Å². The minimum Gasteiger partial charge on any atom is -0.369 e. The zero-order chi connectivity index (χ0) is 15.8. The molecule has 4 heteroatoms. The molecule has 1 amide bonds. The van der Waals surface area contributed by atoms with E-state index in [-0.39, 0.29) is 5.91 Å². The number of hydrogen-bond donors (Lipinski definition) is 1. The highest BCUT2D eigenvalue weighted by molar-refractivity contribution is 5.98. The smallest absolute Gasteiger partial charge is 0.257 e. The van der Waals surface area contributed by atoms with E-state index in [1.807, 2.05) is 17.0 Å². The zero-order valence-corrected chi connectivity index (χ0v) is 14.0. The Labute approximate surface area is 129 Å². The van der Waals surface area contributed by atoms with Crippen LogP contribution in [-0.2, 0) is 0 Å². The lowest BCUT2D eigenvalue weighted by atomic mass is 10.1. The van der Waals surface area contributed by atoms with Gasteiger partial charge < -0.3 is 10.2 Å². The number of nitrogens with one attached hydrogen (secondary N) is 1. The summed E-state index contributed by atoms with van der Waals surface area (Å²) in [4.78, 5) is 19.1. The van der Waals surface area contributed by atoms with Crippen molar-refractivity contribution < 1.29 is 4.79 Å². The molecule has 118 valence electrons. The summed E-state index contributed by atoms with van der Waals surface area (Å²) in [5.74, 6) is 1.68. The van der Waals surface area contributed by atoms with Crippen molar-refractivity contribution in [3.8, 4) is 0 Å². The quantitative estimate of drug-likeness (QED) is 0.795. The molecule has 1 heterocycles. The first-order valence-electron chi connectivity index (χ1n) is 7.93. The lowest BCUT2D eigenvalue weighted by molar-refractivity contribution is 0.0715. The van der Waals surface area contributed by atoms with E-state index in [9.17, 15) is 4.79 Å². The first kappa shape index (κ1) is 17.5. The minimum absolute atomic E-state index is 0.0732. The summed E-state index contributed by atoms with van der Waals surface area (Å²) in [6.45, 7) is 13.0. The Morgan fingerprint density at radius 2 is 1.86 bits per heavy atom. The molecule has 0 saturated carbocycles. The third kappa shape index (κ3) is 5.74. The second-order valence-corrected chi connectivity index (χ2v) is 6.32. The predicted molar refractivity (Wildman–Crippen MR) is 88.6 cm³/mol. The minimum atomic E-state index is 0.0732. The van der Waals surface area contributed by atoms with Crippen molar-refractivity contribution in [2.75, 3.05) is 25.0 Å². The number of rotatable bonds is 8. The molecule has 0 bridgehead atoms. The molecular formula is C17H29N3O. The zero-order valence-electron chi connectivity index (χ0n) is 14.0. The molecule has 0 spiro atoms. The first-order chi connectivity index (χ1) is 9.95. The van der Waals surface area contributed by atoms with E-state index in [1.165, 1.54) is 0 Å². The van der Waals surface area contributed by atoms with Crippen molar-refractivity contribution >= 4 is 11.7 Å². The SMILES string of the molecule is CCCNc1ncccc1C(=O)N(CC(C)C)CC(C)C. The van der Waals surface area contributed by atoms with Crippen LogP contribution in [0.3, 0.4) is 0 Å². The van der Waals surface area contributed by atoms with Crippen molar-refractivity contribution in [2.45, 2.75) is 41.0 Å². The Balaban J connectivity index is 2.96. The van der Waals surface area contributed by atoms with Gasteiger partial charge in [0.1, 0.15) is 5.82 Å². The van der Waals surface area contributed by atoms with Crippen LogP contribution >= 0.6 is 0 Å². The number of amides is 1. The average Bonchev–Trinajstić information content (AvgIpc) is 2.43. The van der Waals surface area contributed by atoms with Gasteiger partial charge >= 0.3 is 0 Å². The molecule has 1 aromatic heterocycles. The van der Waals surface area contributed by atoms with Crippen molar-refractivity contribution in [3.05, 3.63) is 23.9 Å². The van der Waals surface area contributed by atoms with Gasteiger partial charge in [0.15, 0.2) is 0 Å².